The number of hydrogen-bond donors (Lipinski definition) is 0. The van der Waals surface area contributed by atoms with Crippen LogP contribution >= 0.6 is 11.6 Å². The van der Waals surface area contributed by atoms with Crippen molar-refractivity contribution in [3.63, 3.8) is 0 Å². The average molecular weight is 318 g/mol. The van der Waals surface area contributed by atoms with Gasteiger partial charge in [0.25, 0.3) is 0 Å². The van der Waals surface area contributed by atoms with Crippen LogP contribution in [-0.2, 0) is 5.88 Å². The van der Waals surface area contributed by atoms with E-state index in [2.05, 4.69) is 9.72 Å². The highest BCUT2D eigenvalue weighted by Gasteiger charge is 2.30. The van der Waals surface area contributed by atoms with Crippen LogP contribution in [0.4, 0.5) is 13.2 Å². The molecule has 0 aliphatic heterocycles. The third-order valence-electron chi connectivity index (χ3n) is 2.59. The Morgan fingerprint density at radius 3 is 2.19 bits per heavy atom. The summed E-state index contributed by atoms with van der Waals surface area (Å²) in [6, 6.07) is 8.50. The molecule has 0 aliphatic rings. The van der Waals surface area contributed by atoms with Gasteiger partial charge in [-0.3, -0.25) is 0 Å². The van der Waals surface area contributed by atoms with E-state index in [0.717, 1.165) is 11.3 Å². The Bertz CT molecular complexity index is 615. The van der Waals surface area contributed by atoms with Crippen molar-refractivity contribution < 1.29 is 22.6 Å². The summed E-state index contributed by atoms with van der Waals surface area (Å²) in [5.74, 6) is 0.736. The van der Waals surface area contributed by atoms with Gasteiger partial charge in [-0.05, 0) is 36.8 Å². The molecule has 1 heterocycles. The van der Waals surface area contributed by atoms with E-state index in [9.17, 15) is 13.2 Å². The number of rotatable bonds is 4. The van der Waals surface area contributed by atoms with Gasteiger partial charge in [0.1, 0.15) is 11.5 Å². The fourth-order valence-electron chi connectivity index (χ4n) is 1.60. The van der Waals surface area contributed by atoms with Gasteiger partial charge in [0.05, 0.1) is 0 Å². The van der Waals surface area contributed by atoms with Crippen molar-refractivity contribution in [2.45, 2.75) is 19.2 Å². The highest BCUT2D eigenvalue weighted by atomic mass is 35.5. The number of alkyl halides is 4. The summed E-state index contributed by atoms with van der Waals surface area (Å²) in [4.78, 5) is 4.20. The molecule has 0 unspecified atom stereocenters. The molecule has 0 fully saturated rings. The summed E-state index contributed by atoms with van der Waals surface area (Å²) in [6.45, 7) is 1.80. The van der Waals surface area contributed by atoms with Gasteiger partial charge in [-0.2, -0.15) is 0 Å². The number of nitrogens with zero attached hydrogens (tertiary/aromatic N) is 1. The van der Waals surface area contributed by atoms with Crippen LogP contribution < -0.4 is 9.47 Å². The maximum atomic E-state index is 12.0. The number of pyridine rings is 1. The van der Waals surface area contributed by atoms with Crippen molar-refractivity contribution in [1.82, 2.24) is 4.98 Å². The summed E-state index contributed by atoms with van der Waals surface area (Å²) in [6.07, 6.45) is -4.71. The highest BCUT2D eigenvalue weighted by molar-refractivity contribution is 6.17. The fourth-order valence-corrected chi connectivity index (χ4v) is 1.88. The van der Waals surface area contributed by atoms with Gasteiger partial charge in [-0.1, -0.05) is 6.07 Å². The van der Waals surface area contributed by atoms with Crippen molar-refractivity contribution in [2.24, 2.45) is 0 Å². The average Bonchev–Trinajstić information content (AvgIpc) is 2.40. The molecule has 21 heavy (non-hydrogen) atoms. The van der Waals surface area contributed by atoms with Crippen molar-refractivity contribution in [3.8, 4) is 17.4 Å². The molecule has 0 N–H and O–H groups in total. The van der Waals surface area contributed by atoms with Gasteiger partial charge in [-0.25, -0.2) is 4.98 Å². The lowest BCUT2D eigenvalue weighted by Crippen LogP contribution is -2.16. The van der Waals surface area contributed by atoms with Gasteiger partial charge in [0, 0.05) is 17.6 Å². The second kappa shape index (κ2) is 6.22. The van der Waals surface area contributed by atoms with Crippen LogP contribution in [0, 0.1) is 6.92 Å². The summed E-state index contributed by atoms with van der Waals surface area (Å²) >= 11 is 5.73. The van der Waals surface area contributed by atoms with E-state index in [0.29, 0.717) is 17.5 Å². The fraction of sp³-hybridized carbons (Fsp3) is 0.214. The van der Waals surface area contributed by atoms with Gasteiger partial charge in [-0.15, -0.1) is 24.8 Å². The minimum Gasteiger partial charge on any atom is -0.439 e. The SMILES string of the molecule is Cc1nc(Oc2ccc(OC(F)(F)F)cc2)ccc1CCl. The first-order chi connectivity index (χ1) is 9.87. The minimum atomic E-state index is -4.71. The van der Waals surface area contributed by atoms with Crippen molar-refractivity contribution in [2.75, 3.05) is 0 Å². The van der Waals surface area contributed by atoms with Crippen LogP contribution in [-0.4, -0.2) is 11.3 Å². The lowest BCUT2D eigenvalue weighted by atomic mass is 10.2. The predicted octanol–water partition coefficient (Wildman–Crippen LogP) is 4.82. The molecular weight excluding hydrogens is 307 g/mol. The largest absolute Gasteiger partial charge is 0.573 e. The molecule has 1 aromatic heterocycles. The maximum absolute atomic E-state index is 12.0. The zero-order chi connectivity index (χ0) is 15.5. The van der Waals surface area contributed by atoms with Gasteiger partial charge in [0.2, 0.25) is 5.88 Å². The Hall–Kier alpha value is -1.95. The summed E-state index contributed by atoms with van der Waals surface area (Å²) < 4.78 is 45.3. The Morgan fingerprint density at radius 2 is 1.67 bits per heavy atom. The van der Waals surface area contributed by atoms with E-state index in [1.54, 1.807) is 19.1 Å². The van der Waals surface area contributed by atoms with Crippen molar-refractivity contribution >= 4 is 11.6 Å². The molecule has 0 radical (unpaired) electrons. The van der Waals surface area contributed by atoms with Gasteiger partial charge in [0.15, 0.2) is 0 Å². The number of halogens is 4. The Balaban J connectivity index is 2.08. The predicted molar refractivity (Wildman–Crippen MR) is 71.7 cm³/mol. The molecule has 0 bridgehead atoms. The van der Waals surface area contributed by atoms with Gasteiger partial charge < -0.3 is 9.47 Å². The van der Waals surface area contributed by atoms with Crippen LogP contribution in [0.25, 0.3) is 0 Å². The van der Waals surface area contributed by atoms with Crippen molar-refractivity contribution in [1.29, 1.82) is 0 Å². The smallest absolute Gasteiger partial charge is 0.439 e. The highest BCUT2D eigenvalue weighted by Crippen LogP contribution is 2.27. The third kappa shape index (κ3) is 4.53. The van der Waals surface area contributed by atoms with E-state index < -0.39 is 6.36 Å². The standard InChI is InChI=1S/C14H11ClF3NO2/c1-9-10(8-15)2-7-13(19-9)20-11-3-5-12(6-4-11)21-14(16,17)18/h2-7H,8H2,1H3. The van der Waals surface area contributed by atoms with E-state index in [1.165, 1.54) is 24.3 Å². The topological polar surface area (TPSA) is 31.4 Å². The second-order valence-corrected chi connectivity index (χ2v) is 4.42. The molecule has 2 aromatic rings. The molecule has 0 spiro atoms. The molecule has 0 saturated heterocycles. The van der Waals surface area contributed by atoms with E-state index >= 15 is 0 Å². The number of ether oxygens (including phenoxy) is 2. The molecular formula is C14H11ClF3NO2. The summed E-state index contributed by atoms with van der Waals surface area (Å²) in [5, 5.41) is 0. The molecule has 0 aliphatic carbocycles. The number of aromatic nitrogens is 1. The second-order valence-electron chi connectivity index (χ2n) is 4.15. The van der Waals surface area contributed by atoms with E-state index in [4.69, 9.17) is 16.3 Å². The van der Waals surface area contributed by atoms with Crippen LogP contribution in [0.2, 0.25) is 0 Å². The van der Waals surface area contributed by atoms with E-state index in [-0.39, 0.29) is 5.75 Å². The summed E-state index contributed by atoms with van der Waals surface area (Å²) in [7, 11) is 0. The molecule has 0 saturated carbocycles. The molecule has 3 nitrogen and oxygen atoms in total. The number of aryl methyl sites for hydroxylation is 1. The molecule has 1 aromatic carbocycles. The van der Waals surface area contributed by atoms with Crippen LogP contribution in [0.1, 0.15) is 11.3 Å². The molecule has 7 heteroatoms. The molecule has 2 rings (SSSR count). The minimum absolute atomic E-state index is 0.309. The third-order valence-corrected chi connectivity index (χ3v) is 2.88. The summed E-state index contributed by atoms with van der Waals surface area (Å²) in [5.41, 5.74) is 1.62. The first kappa shape index (κ1) is 15.4. The first-order valence-corrected chi connectivity index (χ1v) is 6.47. The number of hydrogen-bond acceptors (Lipinski definition) is 3. The molecule has 0 atom stereocenters. The van der Waals surface area contributed by atoms with E-state index in [1.807, 2.05) is 0 Å². The lowest BCUT2D eigenvalue weighted by Gasteiger charge is -2.10. The van der Waals surface area contributed by atoms with Crippen LogP contribution in [0.15, 0.2) is 36.4 Å². The zero-order valence-electron chi connectivity index (χ0n) is 10.9. The number of benzene rings is 1. The first-order valence-electron chi connectivity index (χ1n) is 5.93. The Morgan fingerprint density at radius 1 is 1.05 bits per heavy atom. The quantitative estimate of drug-likeness (QED) is 0.758. The Labute approximate surface area is 124 Å². The normalized spacial score (nSPS) is 11.3. The maximum Gasteiger partial charge on any atom is 0.573 e. The van der Waals surface area contributed by atoms with Crippen LogP contribution in [0.5, 0.6) is 17.4 Å². The lowest BCUT2D eigenvalue weighted by molar-refractivity contribution is -0.274. The zero-order valence-corrected chi connectivity index (χ0v) is 11.7. The van der Waals surface area contributed by atoms with Crippen LogP contribution in [0.3, 0.4) is 0 Å². The molecule has 112 valence electrons. The molecule has 0 amide bonds. The monoisotopic (exact) mass is 317 g/mol. The van der Waals surface area contributed by atoms with Crippen molar-refractivity contribution in [3.05, 3.63) is 47.7 Å². The van der Waals surface area contributed by atoms with Gasteiger partial charge >= 0.3 is 6.36 Å². The Kier molecular flexibility index (Phi) is 4.57.